The van der Waals surface area contributed by atoms with E-state index in [0.717, 1.165) is 18.4 Å². The van der Waals surface area contributed by atoms with E-state index in [1.165, 1.54) is 0 Å². The number of hydrogen-bond donors (Lipinski definition) is 7. The molecule has 13 nitrogen and oxygen atoms in total. The van der Waals surface area contributed by atoms with Gasteiger partial charge < -0.3 is 40.1 Å². The Bertz CT molecular complexity index is 1300. The average molecular weight is 691 g/mol. The molecule has 15 unspecified atom stereocenters. The molecule has 5 aliphatic rings. The van der Waals surface area contributed by atoms with Crippen LogP contribution in [0.1, 0.15) is 92.4 Å². The van der Waals surface area contributed by atoms with Gasteiger partial charge in [0.2, 0.25) is 0 Å². The van der Waals surface area contributed by atoms with Crippen molar-refractivity contribution in [3.8, 4) is 0 Å². The van der Waals surface area contributed by atoms with Crippen molar-refractivity contribution in [3.63, 3.8) is 0 Å². The second kappa shape index (κ2) is 13.2. The zero-order valence-corrected chi connectivity index (χ0v) is 28.8. The van der Waals surface area contributed by atoms with Gasteiger partial charge in [-0.25, -0.2) is 8.98 Å². The summed E-state index contributed by atoms with van der Waals surface area (Å²) in [6.07, 6.45) is -4.05. The molecule has 5 rings (SSSR count). The van der Waals surface area contributed by atoms with E-state index < -0.39 is 87.7 Å². The van der Waals surface area contributed by atoms with Crippen LogP contribution in [0.2, 0.25) is 0 Å². The number of carboxylic acid groups (broad SMARTS) is 1. The molecule has 4 fully saturated rings. The number of carbonyl (C=O) groups is 1. The minimum absolute atomic E-state index is 0.0648. The summed E-state index contributed by atoms with van der Waals surface area (Å²) in [7, 11) is -4.86. The van der Waals surface area contributed by atoms with Gasteiger partial charge in [-0.3, -0.25) is 4.55 Å². The fraction of sp³-hybridized carbons (Fsp3) is 0.909. The molecule has 0 spiro atoms. The third-order valence-electron chi connectivity index (χ3n) is 12.5. The zero-order chi connectivity index (χ0) is 34.9. The molecule has 15 atom stereocenters. The SMILES string of the molecule is CC(C)CCCC(C)(O)C1C(O)CC2C3CC(OS(=O)(=O)O)C4CC(OC5OC(C(=O)O)C(O)C(O)C5O)CCC4(C)C3=CCC21C. The standard InChI is InChI=1S/C33H54O13S/c1-16(2)7-6-10-33(5,40)28-22(34)15-20-18-14-23(46-47(41,42)43)21-13-17(8-11-31(21,3)19(18)9-12-32(20,28)4)44-30-26(37)24(35)25(36)27(45-30)29(38)39/h9,16-18,20-28,30,34-37,40H,6-8,10-15H2,1-5H3,(H,38,39)(H,41,42,43). The maximum absolute atomic E-state index is 12.2. The van der Waals surface area contributed by atoms with E-state index in [-0.39, 0.29) is 30.6 Å². The molecule has 0 bridgehead atoms. The lowest BCUT2D eigenvalue weighted by atomic mass is 9.47. The van der Waals surface area contributed by atoms with Crippen molar-refractivity contribution in [2.75, 3.05) is 0 Å². The maximum Gasteiger partial charge on any atom is 0.397 e. The van der Waals surface area contributed by atoms with Gasteiger partial charge in [0.05, 0.1) is 23.9 Å². The van der Waals surface area contributed by atoms with E-state index in [1.807, 2.05) is 13.8 Å². The van der Waals surface area contributed by atoms with Gasteiger partial charge in [-0.2, -0.15) is 8.42 Å². The summed E-state index contributed by atoms with van der Waals surface area (Å²) in [5, 5.41) is 63.6. The third kappa shape index (κ3) is 6.93. The van der Waals surface area contributed by atoms with Gasteiger partial charge in [0.25, 0.3) is 0 Å². The van der Waals surface area contributed by atoms with Crippen LogP contribution in [0, 0.1) is 40.4 Å². The lowest BCUT2D eigenvalue weighted by Gasteiger charge is -2.59. The van der Waals surface area contributed by atoms with E-state index in [4.69, 9.17) is 13.7 Å². The predicted molar refractivity (Wildman–Crippen MR) is 167 cm³/mol. The van der Waals surface area contributed by atoms with Crippen LogP contribution in [0.3, 0.4) is 0 Å². The molecule has 4 aliphatic carbocycles. The molecule has 0 radical (unpaired) electrons. The van der Waals surface area contributed by atoms with E-state index in [0.29, 0.717) is 38.0 Å². The number of rotatable bonds is 10. The molecule has 7 N–H and O–H groups in total. The first kappa shape index (κ1) is 37.1. The van der Waals surface area contributed by atoms with Crippen molar-refractivity contribution in [1.82, 2.24) is 0 Å². The van der Waals surface area contributed by atoms with Crippen LogP contribution in [0.4, 0.5) is 0 Å². The Kier molecular flexibility index (Phi) is 10.4. The first-order valence-corrected chi connectivity index (χ1v) is 18.4. The summed E-state index contributed by atoms with van der Waals surface area (Å²) in [4.78, 5) is 11.6. The van der Waals surface area contributed by atoms with Gasteiger partial charge in [-0.05, 0) is 86.4 Å². The van der Waals surface area contributed by atoms with Gasteiger partial charge in [0, 0.05) is 5.92 Å². The van der Waals surface area contributed by atoms with Gasteiger partial charge in [0.15, 0.2) is 12.4 Å². The predicted octanol–water partition coefficient (Wildman–Crippen LogP) is 2.19. The molecular formula is C33H54O13S. The number of hydrogen-bond acceptors (Lipinski definition) is 11. The van der Waals surface area contributed by atoms with Crippen LogP contribution in [0.15, 0.2) is 11.6 Å². The van der Waals surface area contributed by atoms with Crippen molar-refractivity contribution in [1.29, 1.82) is 0 Å². The van der Waals surface area contributed by atoms with Gasteiger partial charge in [-0.1, -0.05) is 52.2 Å². The number of aliphatic carboxylic acids is 1. The third-order valence-corrected chi connectivity index (χ3v) is 13.0. The Balaban J connectivity index is 1.41. The van der Waals surface area contributed by atoms with Gasteiger partial charge in [-0.15, -0.1) is 0 Å². The molecule has 1 heterocycles. The lowest BCUT2D eigenvalue weighted by molar-refractivity contribution is -0.309. The summed E-state index contributed by atoms with van der Waals surface area (Å²) < 4.78 is 50.9. The lowest BCUT2D eigenvalue weighted by Crippen LogP contribution is -2.61. The Labute approximate surface area is 277 Å². The first-order chi connectivity index (χ1) is 21.7. The quantitative estimate of drug-likeness (QED) is 0.0994. The second-order valence-electron chi connectivity index (χ2n) is 16.1. The van der Waals surface area contributed by atoms with E-state index in [2.05, 4.69) is 26.8 Å². The number of carboxylic acids is 1. The Morgan fingerprint density at radius 3 is 2.38 bits per heavy atom. The van der Waals surface area contributed by atoms with E-state index in [9.17, 15) is 48.4 Å². The van der Waals surface area contributed by atoms with Crippen molar-refractivity contribution in [3.05, 3.63) is 11.6 Å². The summed E-state index contributed by atoms with van der Waals surface area (Å²) in [6, 6.07) is 0. The fourth-order valence-electron chi connectivity index (χ4n) is 10.4. The molecule has 0 aromatic carbocycles. The number of aliphatic hydroxyl groups is 5. The fourth-order valence-corrected chi connectivity index (χ4v) is 10.9. The van der Waals surface area contributed by atoms with Gasteiger partial charge >= 0.3 is 16.4 Å². The van der Waals surface area contributed by atoms with Crippen molar-refractivity contribution >= 4 is 16.4 Å². The molecule has 270 valence electrons. The maximum atomic E-state index is 12.2. The highest BCUT2D eigenvalue weighted by Gasteiger charge is 2.64. The highest BCUT2D eigenvalue weighted by Crippen LogP contribution is 2.67. The summed E-state index contributed by atoms with van der Waals surface area (Å²) >= 11 is 0. The second-order valence-corrected chi connectivity index (χ2v) is 17.1. The Hall–Kier alpha value is -1.20. The Morgan fingerprint density at radius 2 is 1.77 bits per heavy atom. The summed E-state index contributed by atoms with van der Waals surface area (Å²) in [5.74, 6) is -2.11. The largest absolute Gasteiger partial charge is 0.479 e. The number of fused-ring (bicyclic) bond motifs is 5. The Morgan fingerprint density at radius 1 is 1.09 bits per heavy atom. The normalized spacial score (nSPS) is 46.6. The smallest absolute Gasteiger partial charge is 0.397 e. The molecule has 1 aliphatic heterocycles. The molecule has 3 saturated carbocycles. The van der Waals surface area contributed by atoms with E-state index >= 15 is 0 Å². The minimum atomic E-state index is -4.86. The monoisotopic (exact) mass is 690 g/mol. The molecule has 47 heavy (non-hydrogen) atoms. The zero-order valence-electron chi connectivity index (χ0n) is 27.9. The molecular weight excluding hydrogens is 636 g/mol. The van der Waals surface area contributed by atoms with Crippen LogP contribution in [0.25, 0.3) is 0 Å². The minimum Gasteiger partial charge on any atom is -0.479 e. The molecule has 0 aromatic rings. The van der Waals surface area contributed by atoms with E-state index in [1.54, 1.807) is 0 Å². The topological polar surface area (TPSA) is 221 Å². The van der Waals surface area contributed by atoms with Crippen LogP contribution in [-0.4, -0.2) is 104 Å². The van der Waals surface area contributed by atoms with Crippen molar-refractivity contribution in [2.45, 2.75) is 147 Å². The highest BCUT2D eigenvalue weighted by atomic mass is 32.3. The van der Waals surface area contributed by atoms with Crippen LogP contribution >= 0.6 is 0 Å². The molecule has 14 heteroatoms. The number of allylic oxidation sites excluding steroid dienone is 2. The van der Waals surface area contributed by atoms with Crippen LogP contribution in [-0.2, 0) is 28.9 Å². The van der Waals surface area contributed by atoms with Crippen molar-refractivity contribution in [2.24, 2.45) is 40.4 Å². The van der Waals surface area contributed by atoms with Crippen molar-refractivity contribution < 1.29 is 62.1 Å². The molecule has 1 saturated heterocycles. The molecule has 0 amide bonds. The average Bonchev–Trinajstić information content (AvgIpc) is 3.23. The van der Waals surface area contributed by atoms with Crippen LogP contribution < -0.4 is 0 Å². The number of ether oxygens (including phenoxy) is 2. The summed E-state index contributed by atoms with van der Waals surface area (Å²) in [5.41, 5.74) is -0.988. The number of aliphatic hydroxyl groups excluding tert-OH is 4. The molecule has 0 aromatic heterocycles. The van der Waals surface area contributed by atoms with Crippen LogP contribution in [0.5, 0.6) is 0 Å². The first-order valence-electron chi connectivity index (χ1n) is 17.0. The highest BCUT2D eigenvalue weighted by molar-refractivity contribution is 7.80. The van der Waals surface area contributed by atoms with Gasteiger partial charge in [0.1, 0.15) is 18.3 Å². The summed E-state index contributed by atoms with van der Waals surface area (Å²) in [6.45, 7) is 10.3.